The topological polar surface area (TPSA) is 58.6 Å². The molecule has 5 nitrogen and oxygen atoms in total. The quantitative estimate of drug-likeness (QED) is 0.831. The number of hydrogen-bond donors (Lipinski definition) is 1. The fourth-order valence-corrected chi connectivity index (χ4v) is 1.95. The predicted molar refractivity (Wildman–Crippen MR) is 85.7 cm³/mol. The number of amides is 1. The van der Waals surface area contributed by atoms with E-state index in [1.165, 1.54) is 12.0 Å². The van der Waals surface area contributed by atoms with Crippen LogP contribution in [0.4, 0.5) is 11.4 Å². The van der Waals surface area contributed by atoms with Crippen molar-refractivity contribution in [1.29, 1.82) is 0 Å². The molecular formula is C17H18N2O3. The van der Waals surface area contributed by atoms with E-state index in [4.69, 9.17) is 0 Å². The summed E-state index contributed by atoms with van der Waals surface area (Å²) in [5.41, 5.74) is 1.51. The molecule has 22 heavy (non-hydrogen) atoms. The number of methoxy groups -OCH3 is 1. The second-order valence-electron chi connectivity index (χ2n) is 4.61. The average molecular weight is 298 g/mol. The van der Waals surface area contributed by atoms with E-state index in [-0.39, 0.29) is 19.0 Å². The lowest BCUT2D eigenvalue weighted by molar-refractivity contribution is -0.139. The van der Waals surface area contributed by atoms with Gasteiger partial charge in [-0.3, -0.25) is 14.5 Å². The Kier molecular flexibility index (Phi) is 5.54. The Morgan fingerprint density at radius 2 is 1.59 bits per heavy atom. The van der Waals surface area contributed by atoms with E-state index in [1.54, 1.807) is 12.1 Å². The summed E-state index contributed by atoms with van der Waals surface area (Å²) >= 11 is 0. The van der Waals surface area contributed by atoms with Gasteiger partial charge in [0.25, 0.3) is 0 Å². The molecule has 0 saturated heterocycles. The third-order valence-electron chi connectivity index (χ3n) is 3.10. The lowest BCUT2D eigenvalue weighted by atomic mass is 10.2. The summed E-state index contributed by atoms with van der Waals surface area (Å²) in [5, 5.41) is 3.04. The number of nitrogens with zero attached hydrogens (tertiary/aromatic N) is 1. The number of anilines is 2. The number of esters is 1. The summed E-state index contributed by atoms with van der Waals surface area (Å²) in [7, 11) is 1.30. The second kappa shape index (κ2) is 7.83. The number of para-hydroxylation sites is 2. The van der Waals surface area contributed by atoms with Gasteiger partial charge in [-0.2, -0.15) is 0 Å². The molecule has 0 radical (unpaired) electrons. The SMILES string of the molecule is COC(=O)CN(C(=O)CNc1ccccc1)c1ccccc1. The zero-order valence-electron chi connectivity index (χ0n) is 12.4. The maximum absolute atomic E-state index is 12.4. The Hall–Kier alpha value is -2.82. The molecule has 2 aromatic carbocycles. The van der Waals surface area contributed by atoms with Gasteiger partial charge in [0.1, 0.15) is 6.54 Å². The molecule has 2 aromatic rings. The lowest BCUT2D eigenvalue weighted by Gasteiger charge is -2.22. The number of nitrogens with one attached hydrogen (secondary N) is 1. The molecule has 5 heteroatoms. The van der Waals surface area contributed by atoms with E-state index >= 15 is 0 Å². The van der Waals surface area contributed by atoms with Crippen LogP contribution in [0.5, 0.6) is 0 Å². The zero-order chi connectivity index (χ0) is 15.8. The minimum absolute atomic E-state index is 0.0932. The molecule has 1 amide bonds. The Bertz CT molecular complexity index is 614. The number of benzene rings is 2. The van der Waals surface area contributed by atoms with Gasteiger partial charge in [-0.1, -0.05) is 36.4 Å². The van der Waals surface area contributed by atoms with Gasteiger partial charge in [0.15, 0.2) is 0 Å². The average Bonchev–Trinajstić information content (AvgIpc) is 2.59. The number of rotatable bonds is 6. The monoisotopic (exact) mass is 298 g/mol. The van der Waals surface area contributed by atoms with E-state index in [1.807, 2.05) is 48.5 Å². The van der Waals surface area contributed by atoms with Gasteiger partial charge < -0.3 is 10.1 Å². The molecule has 114 valence electrons. The highest BCUT2D eigenvalue weighted by atomic mass is 16.5. The van der Waals surface area contributed by atoms with Crippen molar-refractivity contribution in [2.24, 2.45) is 0 Å². The fraction of sp³-hybridized carbons (Fsp3) is 0.176. The summed E-state index contributed by atoms with van der Waals surface area (Å²) in [6.07, 6.45) is 0. The van der Waals surface area contributed by atoms with Crippen molar-refractivity contribution in [3.05, 3.63) is 60.7 Å². The van der Waals surface area contributed by atoms with Crippen LogP contribution in [0, 0.1) is 0 Å². The van der Waals surface area contributed by atoms with Crippen LogP contribution in [0.1, 0.15) is 0 Å². The first-order valence-electron chi connectivity index (χ1n) is 6.92. The molecule has 2 rings (SSSR count). The summed E-state index contributed by atoms with van der Waals surface area (Å²) in [6, 6.07) is 18.5. The first-order chi connectivity index (χ1) is 10.7. The molecule has 0 saturated carbocycles. The van der Waals surface area contributed by atoms with Crippen molar-refractivity contribution in [1.82, 2.24) is 0 Å². The van der Waals surface area contributed by atoms with Crippen LogP contribution in [0.3, 0.4) is 0 Å². The maximum Gasteiger partial charge on any atom is 0.325 e. The molecule has 0 aromatic heterocycles. The first-order valence-corrected chi connectivity index (χ1v) is 6.92. The van der Waals surface area contributed by atoms with Crippen LogP contribution in [0.25, 0.3) is 0 Å². The summed E-state index contributed by atoms with van der Waals surface area (Å²) in [6.45, 7) is -0.0221. The molecule has 0 aliphatic rings. The highest BCUT2D eigenvalue weighted by Gasteiger charge is 2.19. The number of hydrogen-bond acceptors (Lipinski definition) is 4. The molecule has 0 fully saturated rings. The Morgan fingerprint density at radius 3 is 2.18 bits per heavy atom. The normalized spacial score (nSPS) is 9.86. The molecule has 0 heterocycles. The van der Waals surface area contributed by atoms with Crippen molar-refractivity contribution >= 4 is 23.3 Å². The van der Waals surface area contributed by atoms with E-state index in [9.17, 15) is 9.59 Å². The molecule has 0 aliphatic carbocycles. The Labute approximate surface area is 129 Å². The van der Waals surface area contributed by atoms with Gasteiger partial charge in [-0.05, 0) is 24.3 Å². The van der Waals surface area contributed by atoms with Crippen molar-refractivity contribution < 1.29 is 14.3 Å². The third kappa shape index (κ3) is 4.34. The number of carbonyl (C=O) groups excluding carboxylic acids is 2. The standard InChI is InChI=1S/C17H18N2O3/c1-22-17(21)13-19(15-10-6-3-7-11-15)16(20)12-18-14-8-4-2-5-9-14/h2-11,18H,12-13H2,1H3. The van der Waals surface area contributed by atoms with Crippen LogP contribution in [-0.4, -0.2) is 32.1 Å². The van der Waals surface area contributed by atoms with E-state index < -0.39 is 5.97 Å². The fourth-order valence-electron chi connectivity index (χ4n) is 1.95. The van der Waals surface area contributed by atoms with Gasteiger partial charge in [-0.25, -0.2) is 0 Å². The largest absolute Gasteiger partial charge is 0.468 e. The predicted octanol–water partition coefficient (Wildman–Crippen LogP) is 2.30. The maximum atomic E-state index is 12.4. The number of ether oxygens (including phenoxy) is 1. The van der Waals surface area contributed by atoms with Crippen molar-refractivity contribution in [3.8, 4) is 0 Å². The van der Waals surface area contributed by atoms with E-state index in [0.29, 0.717) is 5.69 Å². The second-order valence-corrected chi connectivity index (χ2v) is 4.61. The van der Waals surface area contributed by atoms with Crippen molar-refractivity contribution in [3.63, 3.8) is 0 Å². The molecule has 0 unspecified atom stereocenters. The molecule has 1 N–H and O–H groups in total. The van der Waals surface area contributed by atoms with Crippen LogP contribution in [-0.2, 0) is 14.3 Å². The van der Waals surface area contributed by atoms with Crippen molar-refractivity contribution in [2.45, 2.75) is 0 Å². The third-order valence-corrected chi connectivity index (χ3v) is 3.10. The van der Waals surface area contributed by atoms with Gasteiger partial charge >= 0.3 is 5.97 Å². The van der Waals surface area contributed by atoms with Crippen molar-refractivity contribution in [2.75, 3.05) is 30.4 Å². The Morgan fingerprint density at radius 1 is 1.00 bits per heavy atom. The minimum Gasteiger partial charge on any atom is -0.468 e. The first kappa shape index (κ1) is 15.6. The van der Waals surface area contributed by atoms with Gasteiger partial charge in [0.05, 0.1) is 13.7 Å². The van der Waals surface area contributed by atoms with Gasteiger partial charge in [0.2, 0.25) is 5.91 Å². The Balaban J connectivity index is 2.07. The van der Waals surface area contributed by atoms with Crippen LogP contribution in [0.2, 0.25) is 0 Å². The van der Waals surface area contributed by atoms with Crippen LogP contribution < -0.4 is 10.2 Å². The van der Waals surface area contributed by atoms with Crippen LogP contribution >= 0.6 is 0 Å². The van der Waals surface area contributed by atoms with E-state index in [2.05, 4.69) is 10.1 Å². The van der Waals surface area contributed by atoms with Gasteiger partial charge in [-0.15, -0.1) is 0 Å². The molecule has 0 bridgehead atoms. The highest BCUT2D eigenvalue weighted by Crippen LogP contribution is 2.14. The van der Waals surface area contributed by atoms with Gasteiger partial charge in [0, 0.05) is 11.4 Å². The molecule has 0 atom stereocenters. The summed E-state index contributed by atoms with van der Waals surface area (Å²) in [4.78, 5) is 25.4. The zero-order valence-corrected chi connectivity index (χ0v) is 12.4. The molecule has 0 aliphatic heterocycles. The smallest absolute Gasteiger partial charge is 0.325 e. The lowest BCUT2D eigenvalue weighted by Crippen LogP contribution is -2.39. The highest BCUT2D eigenvalue weighted by molar-refractivity contribution is 5.99. The van der Waals surface area contributed by atoms with Crippen LogP contribution in [0.15, 0.2) is 60.7 Å². The molecule has 0 spiro atoms. The molecular weight excluding hydrogens is 280 g/mol. The van der Waals surface area contributed by atoms with E-state index in [0.717, 1.165) is 5.69 Å². The summed E-state index contributed by atoms with van der Waals surface area (Å²) in [5.74, 6) is -0.669. The minimum atomic E-state index is -0.461. The summed E-state index contributed by atoms with van der Waals surface area (Å²) < 4.78 is 4.66. The number of carbonyl (C=O) groups is 2.